The molecule has 0 bridgehead atoms. The molecule has 1 amide bonds. The molecule has 1 aliphatic heterocycles. The zero-order valence-corrected chi connectivity index (χ0v) is 21.3. The molecule has 8 heteroatoms. The number of amides is 1. The van der Waals surface area contributed by atoms with Gasteiger partial charge in [-0.2, -0.15) is 0 Å². The number of carbonyl (C=O) groups is 1. The van der Waals surface area contributed by atoms with Crippen LogP contribution in [0.4, 0.5) is 0 Å². The van der Waals surface area contributed by atoms with Crippen LogP contribution >= 0.6 is 0 Å². The van der Waals surface area contributed by atoms with E-state index in [1.165, 1.54) is 10.1 Å². The number of carbonyl (C=O) groups excluding carboxylic acids is 1. The van der Waals surface area contributed by atoms with Crippen molar-refractivity contribution in [1.82, 2.24) is 23.6 Å². The molecule has 1 saturated heterocycles. The van der Waals surface area contributed by atoms with Gasteiger partial charge >= 0.3 is 5.69 Å². The van der Waals surface area contributed by atoms with Crippen molar-refractivity contribution in [2.75, 3.05) is 13.1 Å². The molecule has 3 heterocycles. The van der Waals surface area contributed by atoms with Gasteiger partial charge in [-0.1, -0.05) is 56.2 Å². The van der Waals surface area contributed by atoms with Crippen LogP contribution in [0.15, 0.2) is 58.9 Å². The number of aromatic nitrogens is 4. The van der Waals surface area contributed by atoms with E-state index in [9.17, 15) is 14.4 Å². The van der Waals surface area contributed by atoms with Gasteiger partial charge in [-0.15, -0.1) is 6.58 Å². The van der Waals surface area contributed by atoms with Crippen LogP contribution in [0, 0.1) is 5.92 Å². The van der Waals surface area contributed by atoms with Crippen molar-refractivity contribution >= 4 is 17.1 Å². The van der Waals surface area contributed by atoms with Gasteiger partial charge in [0.25, 0.3) is 5.56 Å². The lowest BCUT2D eigenvalue weighted by atomic mass is 9.98. The highest BCUT2D eigenvalue weighted by Crippen LogP contribution is 2.22. The predicted octanol–water partition coefficient (Wildman–Crippen LogP) is 3.61. The molecular weight excluding hydrogens is 454 g/mol. The van der Waals surface area contributed by atoms with E-state index in [1.54, 1.807) is 21.5 Å². The van der Waals surface area contributed by atoms with Gasteiger partial charge in [0.15, 0.2) is 11.2 Å². The average molecular weight is 492 g/mol. The molecule has 1 aromatic carbocycles. The molecule has 0 spiro atoms. The number of hydrogen-bond donors (Lipinski definition) is 0. The van der Waals surface area contributed by atoms with Crippen LogP contribution in [-0.2, 0) is 30.8 Å². The van der Waals surface area contributed by atoms with E-state index in [2.05, 4.69) is 30.6 Å². The number of imidazole rings is 1. The van der Waals surface area contributed by atoms with Crippen LogP contribution in [0.5, 0.6) is 0 Å². The highest BCUT2D eigenvalue weighted by molar-refractivity contribution is 5.81. The van der Waals surface area contributed by atoms with E-state index in [0.717, 1.165) is 45.1 Å². The summed E-state index contributed by atoms with van der Waals surface area (Å²) >= 11 is 0. The molecule has 0 radical (unpaired) electrons. The number of unbranched alkanes of at least 4 members (excludes halogenated alkanes) is 3. The van der Waals surface area contributed by atoms with Crippen LogP contribution in [-0.4, -0.2) is 42.6 Å². The Labute approximate surface area is 211 Å². The summed E-state index contributed by atoms with van der Waals surface area (Å²) in [6.07, 6.45) is 9.29. The Morgan fingerprint density at radius 3 is 2.47 bits per heavy atom. The summed E-state index contributed by atoms with van der Waals surface area (Å²) in [6.45, 7) is 8.64. The summed E-state index contributed by atoms with van der Waals surface area (Å²) in [7, 11) is 0. The Morgan fingerprint density at radius 1 is 1.00 bits per heavy atom. The quantitative estimate of drug-likeness (QED) is 0.270. The van der Waals surface area contributed by atoms with Crippen molar-refractivity contribution in [2.45, 2.75) is 71.5 Å². The van der Waals surface area contributed by atoms with Gasteiger partial charge in [-0.25, -0.2) is 9.78 Å². The second-order valence-electron chi connectivity index (χ2n) is 9.66. The smallest absolute Gasteiger partial charge is 0.332 e. The number of fused-ring (bicyclic) bond motifs is 1. The largest absolute Gasteiger partial charge is 0.342 e. The zero-order valence-electron chi connectivity index (χ0n) is 21.3. The summed E-state index contributed by atoms with van der Waals surface area (Å²) in [5.74, 6) is 0.252. The molecule has 0 N–H and O–H groups in total. The van der Waals surface area contributed by atoms with Crippen LogP contribution in [0.3, 0.4) is 0 Å². The van der Waals surface area contributed by atoms with Gasteiger partial charge in [-0.3, -0.25) is 18.7 Å². The first kappa shape index (κ1) is 25.7. The third kappa shape index (κ3) is 5.53. The zero-order chi connectivity index (χ0) is 25.5. The van der Waals surface area contributed by atoms with E-state index in [-0.39, 0.29) is 23.1 Å². The van der Waals surface area contributed by atoms with Gasteiger partial charge in [0.2, 0.25) is 5.91 Å². The highest BCUT2D eigenvalue weighted by atomic mass is 16.2. The van der Waals surface area contributed by atoms with Gasteiger partial charge < -0.3 is 9.47 Å². The summed E-state index contributed by atoms with van der Waals surface area (Å²) in [5.41, 5.74) is 1.49. The fourth-order valence-electron chi connectivity index (χ4n) is 5.12. The number of rotatable bonds is 13. The molecule has 0 aliphatic carbocycles. The maximum atomic E-state index is 13.3. The molecular formula is C28H37N5O3. The van der Waals surface area contributed by atoms with Crippen LogP contribution < -0.4 is 11.2 Å². The van der Waals surface area contributed by atoms with Gasteiger partial charge in [0.05, 0.1) is 6.33 Å². The summed E-state index contributed by atoms with van der Waals surface area (Å²) < 4.78 is 4.75. The fourth-order valence-corrected chi connectivity index (χ4v) is 5.12. The van der Waals surface area contributed by atoms with E-state index in [4.69, 9.17) is 0 Å². The lowest BCUT2D eigenvalue weighted by Crippen LogP contribution is -2.41. The first-order valence-electron chi connectivity index (χ1n) is 13.2. The predicted molar refractivity (Wildman–Crippen MR) is 142 cm³/mol. The SMILES string of the molecule is C=CCn1cnc2c1c(=O)n(CCCCN1CCC(Cc3ccccc3)C1=O)c(=O)n2CCCCC. The molecule has 1 unspecified atom stereocenters. The normalized spacial score (nSPS) is 15.8. The van der Waals surface area contributed by atoms with Crippen molar-refractivity contribution in [3.05, 3.63) is 75.7 Å². The standard InChI is InChI=1S/C28H37N5O3/c1-3-5-9-17-32-25-24(31(15-4-2)21-29-25)27(35)33(28(32)36)18-11-10-16-30-19-14-23(26(30)34)20-22-12-7-6-8-13-22/h4,6-8,12-13,21,23H,2-3,5,9-11,14-20H2,1H3. The number of nitrogens with zero attached hydrogens (tertiary/aromatic N) is 5. The van der Waals surface area contributed by atoms with E-state index >= 15 is 0 Å². The topological polar surface area (TPSA) is 82.1 Å². The number of hydrogen-bond acceptors (Lipinski definition) is 4. The number of benzene rings is 1. The Hall–Kier alpha value is -3.42. The van der Waals surface area contributed by atoms with Gasteiger partial charge in [0.1, 0.15) is 0 Å². The Morgan fingerprint density at radius 2 is 1.72 bits per heavy atom. The minimum atomic E-state index is -0.304. The van der Waals surface area contributed by atoms with Crippen molar-refractivity contribution in [3.63, 3.8) is 0 Å². The molecule has 2 aromatic heterocycles. The van der Waals surface area contributed by atoms with Crippen molar-refractivity contribution < 1.29 is 4.79 Å². The third-order valence-electron chi connectivity index (χ3n) is 7.09. The lowest BCUT2D eigenvalue weighted by molar-refractivity contribution is -0.131. The maximum Gasteiger partial charge on any atom is 0.332 e. The number of likely N-dealkylation sites (tertiary alicyclic amines) is 1. The number of aryl methyl sites for hydroxylation is 1. The summed E-state index contributed by atoms with van der Waals surface area (Å²) in [5, 5.41) is 0. The van der Waals surface area contributed by atoms with E-state index < -0.39 is 0 Å². The van der Waals surface area contributed by atoms with Crippen LogP contribution in [0.2, 0.25) is 0 Å². The van der Waals surface area contributed by atoms with E-state index in [1.807, 2.05) is 23.1 Å². The highest BCUT2D eigenvalue weighted by Gasteiger charge is 2.31. The van der Waals surface area contributed by atoms with Gasteiger partial charge in [-0.05, 0) is 37.7 Å². The third-order valence-corrected chi connectivity index (χ3v) is 7.09. The van der Waals surface area contributed by atoms with Crippen molar-refractivity contribution in [1.29, 1.82) is 0 Å². The lowest BCUT2D eigenvalue weighted by Gasteiger charge is -2.17. The second-order valence-corrected chi connectivity index (χ2v) is 9.66. The molecule has 192 valence electrons. The van der Waals surface area contributed by atoms with Crippen molar-refractivity contribution in [2.24, 2.45) is 5.92 Å². The molecule has 8 nitrogen and oxygen atoms in total. The first-order valence-corrected chi connectivity index (χ1v) is 13.2. The maximum absolute atomic E-state index is 13.3. The molecule has 1 aliphatic rings. The van der Waals surface area contributed by atoms with E-state index in [0.29, 0.717) is 43.8 Å². The minimum Gasteiger partial charge on any atom is -0.342 e. The molecule has 4 rings (SSSR count). The first-order chi connectivity index (χ1) is 17.5. The summed E-state index contributed by atoms with van der Waals surface area (Å²) in [4.78, 5) is 45.8. The minimum absolute atomic E-state index is 0.0397. The van der Waals surface area contributed by atoms with Gasteiger partial charge in [0, 0.05) is 38.6 Å². The Bertz CT molecular complexity index is 1300. The van der Waals surface area contributed by atoms with Crippen LogP contribution in [0.1, 0.15) is 51.0 Å². The molecule has 36 heavy (non-hydrogen) atoms. The second kappa shape index (κ2) is 12.0. The van der Waals surface area contributed by atoms with Crippen LogP contribution in [0.25, 0.3) is 11.2 Å². The fraction of sp³-hybridized carbons (Fsp3) is 0.500. The summed E-state index contributed by atoms with van der Waals surface area (Å²) in [6, 6.07) is 10.1. The molecule has 0 saturated carbocycles. The Kier molecular flexibility index (Phi) is 8.57. The molecule has 1 fully saturated rings. The van der Waals surface area contributed by atoms with Crippen molar-refractivity contribution in [3.8, 4) is 0 Å². The molecule has 3 aromatic rings. The monoisotopic (exact) mass is 491 g/mol. The molecule has 1 atom stereocenters. The number of allylic oxidation sites excluding steroid dienone is 1. The average Bonchev–Trinajstić information content (AvgIpc) is 3.45. The Balaban J connectivity index is 1.42.